The van der Waals surface area contributed by atoms with E-state index in [4.69, 9.17) is 5.73 Å². The molecule has 1 aliphatic rings. The quantitative estimate of drug-likeness (QED) is 0.514. The number of hydrogen-bond donors (Lipinski definition) is 3. The number of fused-ring (bicyclic) bond motifs is 1. The lowest BCUT2D eigenvalue weighted by molar-refractivity contribution is -0.140. The molecule has 6 heteroatoms. The third-order valence-electron chi connectivity index (χ3n) is 6.04. The van der Waals surface area contributed by atoms with Gasteiger partial charge in [-0.25, -0.2) is 0 Å². The molecular formula is C24H31N3O3. The maximum atomic E-state index is 13.3. The van der Waals surface area contributed by atoms with Gasteiger partial charge in [-0.3, -0.25) is 9.59 Å². The van der Waals surface area contributed by atoms with E-state index in [-0.39, 0.29) is 17.6 Å². The number of carbonyl (C=O) groups is 2. The summed E-state index contributed by atoms with van der Waals surface area (Å²) in [4.78, 5) is 27.9. The zero-order chi connectivity index (χ0) is 22.0. The summed E-state index contributed by atoms with van der Waals surface area (Å²) in [7, 11) is 0. The fraction of sp³-hybridized carbons (Fsp3) is 0.417. The molecule has 160 valence electrons. The van der Waals surface area contributed by atoms with Gasteiger partial charge in [0.25, 0.3) is 0 Å². The second-order valence-corrected chi connectivity index (χ2v) is 8.20. The number of benzene rings is 2. The van der Waals surface area contributed by atoms with Gasteiger partial charge in [0.15, 0.2) is 0 Å². The number of amides is 2. The van der Waals surface area contributed by atoms with Crippen LogP contribution >= 0.6 is 0 Å². The Morgan fingerprint density at radius 2 is 1.90 bits per heavy atom. The summed E-state index contributed by atoms with van der Waals surface area (Å²) in [6, 6.07) is 6.86. The number of phenols is 1. The van der Waals surface area contributed by atoms with Gasteiger partial charge in [-0.2, -0.15) is 0 Å². The van der Waals surface area contributed by atoms with E-state index in [0.717, 1.165) is 35.1 Å². The molecule has 0 unspecified atom stereocenters. The average Bonchev–Trinajstić information content (AvgIpc) is 2.73. The Kier molecular flexibility index (Phi) is 6.34. The molecular weight excluding hydrogens is 378 g/mol. The maximum Gasteiger partial charge on any atom is 0.247 e. The third kappa shape index (κ3) is 4.27. The van der Waals surface area contributed by atoms with Crippen LogP contribution in [0.1, 0.15) is 54.0 Å². The second-order valence-electron chi connectivity index (χ2n) is 8.20. The third-order valence-corrected chi connectivity index (χ3v) is 6.04. The Labute approximate surface area is 178 Å². The zero-order valence-corrected chi connectivity index (χ0v) is 18.2. The molecule has 6 nitrogen and oxygen atoms in total. The number of anilines is 2. The van der Waals surface area contributed by atoms with Gasteiger partial charge in [-0.05, 0) is 73.2 Å². The van der Waals surface area contributed by atoms with Crippen molar-refractivity contribution in [3.05, 3.63) is 52.1 Å². The minimum atomic E-state index is -0.584. The Bertz CT molecular complexity index is 984. The largest absolute Gasteiger partial charge is 0.507 e. The molecule has 1 heterocycles. The van der Waals surface area contributed by atoms with Crippen LogP contribution in [-0.2, 0) is 22.6 Å². The van der Waals surface area contributed by atoms with E-state index < -0.39 is 6.04 Å². The van der Waals surface area contributed by atoms with Crippen LogP contribution < -0.4 is 11.1 Å². The minimum Gasteiger partial charge on any atom is -0.507 e. The highest BCUT2D eigenvalue weighted by Gasteiger charge is 2.34. The molecule has 0 radical (unpaired) electrons. The first-order chi connectivity index (χ1) is 14.2. The Morgan fingerprint density at radius 1 is 1.17 bits per heavy atom. The number of nitrogens with one attached hydrogen (secondary N) is 1. The SMILES string of the molecule is CCCCC(=O)N1Cc2cc(N)ccc2C[C@H]1C(=O)Nc1cc(C)c(O)c(C)c1C. The summed E-state index contributed by atoms with van der Waals surface area (Å²) in [6.07, 6.45) is 2.59. The van der Waals surface area contributed by atoms with E-state index in [1.807, 2.05) is 39.0 Å². The van der Waals surface area contributed by atoms with Crippen LogP contribution in [0.4, 0.5) is 11.4 Å². The van der Waals surface area contributed by atoms with Crippen molar-refractivity contribution in [1.82, 2.24) is 4.90 Å². The lowest BCUT2D eigenvalue weighted by atomic mass is 9.92. The van der Waals surface area contributed by atoms with Crippen molar-refractivity contribution < 1.29 is 14.7 Å². The summed E-state index contributed by atoms with van der Waals surface area (Å²) in [6.45, 7) is 7.93. The number of rotatable bonds is 5. The highest BCUT2D eigenvalue weighted by Crippen LogP contribution is 2.32. The van der Waals surface area contributed by atoms with Gasteiger partial charge in [0.2, 0.25) is 11.8 Å². The van der Waals surface area contributed by atoms with Crippen molar-refractivity contribution in [2.75, 3.05) is 11.1 Å². The van der Waals surface area contributed by atoms with Crippen molar-refractivity contribution in [3.63, 3.8) is 0 Å². The molecule has 2 aromatic carbocycles. The first-order valence-electron chi connectivity index (χ1n) is 10.5. The van der Waals surface area contributed by atoms with Gasteiger partial charge < -0.3 is 21.1 Å². The number of nitrogens with zero attached hydrogens (tertiary/aromatic N) is 1. The molecule has 1 atom stereocenters. The molecule has 4 N–H and O–H groups in total. The van der Waals surface area contributed by atoms with E-state index in [9.17, 15) is 14.7 Å². The highest BCUT2D eigenvalue weighted by molar-refractivity contribution is 5.98. The van der Waals surface area contributed by atoms with E-state index in [0.29, 0.717) is 36.3 Å². The van der Waals surface area contributed by atoms with Crippen LogP contribution in [0.25, 0.3) is 0 Å². The molecule has 3 rings (SSSR count). The summed E-state index contributed by atoms with van der Waals surface area (Å²) < 4.78 is 0. The van der Waals surface area contributed by atoms with Crippen molar-refractivity contribution in [2.45, 2.75) is 66.0 Å². The monoisotopic (exact) mass is 409 g/mol. The Morgan fingerprint density at radius 3 is 2.60 bits per heavy atom. The van der Waals surface area contributed by atoms with E-state index in [1.165, 1.54) is 0 Å². The van der Waals surface area contributed by atoms with Crippen LogP contribution in [0.2, 0.25) is 0 Å². The summed E-state index contributed by atoms with van der Waals surface area (Å²) >= 11 is 0. The standard InChI is InChI=1S/C24H31N3O3/c1-5-6-7-22(28)27-13-18-11-19(25)9-8-17(18)12-21(27)24(30)26-20-10-14(2)23(29)16(4)15(20)3/h8-11,21,29H,5-7,12-13,25H2,1-4H3,(H,26,30)/t21-/m0/s1. The number of aryl methyl sites for hydroxylation is 1. The molecule has 1 aliphatic heterocycles. The molecule has 2 amide bonds. The molecule has 0 saturated carbocycles. The van der Waals surface area contributed by atoms with Crippen LogP contribution in [-0.4, -0.2) is 27.9 Å². The van der Waals surface area contributed by atoms with Gasteiger partial charge in [0, 0.05) is 30.8 Å². The van der Waals surface area contributed by atoms with Crippen LogP contribution in [0.3, 0.4) is 0 Å². The highest BCUT2D eigenvalue weighted by atomic mass is 16.3. The van der Waals surface area contributed by atoms with Gasteiger partial charge in [0.05, 0.1) is 0 Å². The lowest BCUT2D eigenvalue weighted by Crippen LogP contribution is -2.50. The van der Waals surface area contributed by atoms with Crippen LogP contribution in [0.15, 0.2) is 24.3 Å². The summed E-state index contributed by atoms with van der Waals surface area (Å²) in [5, 5.41) is 13.2. The number of nitrogen functional groups attached to an aromatic ring is 1. The molecule has 0 spiro atoms. The van der Waals surface area contributed by atoms with E-state index in [2.05, 4.69) is 5.32 Å². The van der Waals surface area contributed by atoms with Crippen molar-refractivity contribution in [2.24, 2.45) is 0 Å². The first kappa shape index (κ1) is 21.7. The topological polar surface area (TPSA) is 95.7 Å². The van der Waals surface area contributed by atoms with Crippen molar-refractivity contribution in [3.8, 4) is 5.75 Å². The van der Waals surface area contributed by atoms with Gasteiger partial charge >= 0.3 is 0 Å². The maximum absolute atomic E-state index is 13.3. The second kappa shape index (κ2) is 8.78. The van der Waals surface area contributed by atoms with Crippen molar-refractivity contribution in [1.29, 1.82) is 0 Å². The predicted molar refractivity (Wildman–Crippen MR) is 119 cm³/mol. The molecule has 0 aromatic heterocycles. The van der Waals surface area contributed by atoms with Crippen LogP contribution in [0, 0.1) is 20.8 Å². The smallest absolute Gasteiger partial charge is 0.247 e. The van der Waals surface area contributed by atoms with Gasteiger partial charge in [0.1, 0.15) is 11.8 Å². The number of nitrogens with two attached hydrogens (primary N) is 1. The minimum absolute atomic E-state index is 0.0140. The van der Waals surface area contributed by atoms with Crippen molar-refractivity contribution >= 4 is 23.2 Å². The zero-order valence-electron chi connectivity index (χ0n) is 18.2. The van der Waals surface area contributed by atoms with Gasteiger partial charge in [-0.1, -0.05) is 19.4 Å². The van der Waals surface area contributed by atoms with E-state index >= 15 is 0 Å². The Balaban J connectivity index is 1.91. The number of unbranched alkanes of at least 4 members (excludes halogenated alkanes) is 1. The average molecular weight is 410 g/mol. The summed E-state index contributed by atoms with van der Waals surface area (Å²) in [5.74, 6) is 0.0147. The first-order valence-corrected chi connectivity index (χ1v) is 10.5. The fourth-order valence-electron chi connectivity index (χ4n) is 3.99. The van der Waals surface area contributed by atoms with E-state index in [1.54, 1.807) is 17.9 Å². The molecule has 0 fully saturated rings. The number of hydrogen-bond acceptors (Lipinski definition) is 4. The van der Waals surface area contributed by atoms with Gasteiger partial charge in [-0.15, -0.1) is 0 Å². The molecule has 0 saturated heterocycles. The lowest BCUT2D eigenvalue weighted by Gasteiger charge is -2.36. The normalized spacial score (nSPS) is 15.6. The number of phenolic OH excluding ortho intramolecular Hbond substituents is 1. The summed E-state index contributed by atoms with van der Waals surface area (Å²) in [5.41, 5.74) is 11.6. The Hall–Kier alpha value is -3.02. The fourth-order valence-corrected chi connectivity index (χ4v) is 3.99. The number of aromatic hydroxyl groups is 1. The molecule has 2 aromatic rings. The van der Waals surface area contributed by atoms with Crippen LogP contribution in [0.5, 0.6) is 5.75 Å². The molecule has 0 bridgehead atoms. The predicted octanol–water partition coefficient (Wildman–Crippen LogP) is 3.98. The number of carbonyl (C=O) groups excluding carboxylic acids is 2. The molecule has 30 heavy (non-hydrogen) atoms. The molecule has 0 aliphatic carbocycles.